The third kappa shape index (κ3) is 1.96. The first-order valence-electron chi connectivity index (χ1n) is 5.47. The third-order valence-electron chi connectivity index (χ3n) is 2.67. The van der Waals surface area contributed by atoms with Crippen LogP contribution in [0.1, 0.15) is 0 Å². The molecule has 3 rings (SSSR count). The number of halogens is 1. The van der Waals surface area contributed by atoms with E-state index < -0.39 is 6.03 Å². The SMILES string of the molecule is O=C1Nc2ccccc2N(O)N1c1ccc(Cl)cn1. The fourth-order valence-corrected chi connectivity index (χ4v) is 1.92. The highest BCUT2D eigenvalue weighted by atomic mass is 35.5. The maximum Gasteiger partial charge on any atom is 0.348 e. The van der Waals surface area contributed by atoms with Crippen molar-refractivity contribution in [3.05, 3.63) is 47.6 Å². The van der Waals surface area contributed by atoms with Crippen molar-refractivity contribution in [3.8, 4) is 0 Å². The summed E-state index contributed by atoms with van der Waals surface area (Å²) in [5.74, 6) is 0.263. The molecule has 0 atom stereocenters. The van der Waals surface area contributed by atoms with Gasteiger partial charge in [0.2, 0.25) is 0 Å². The Labute approximate surface area is 113 Å². The van der Waals surface area contributed by atoms with Gasteiger partial charge in [0, 0.05) is 6.20 Å². The number of rotatable bonds is 1. The number of hydrazine groups is 1. The number of para-hydroxylation sites is 2. The van der Waals surface area contributed by atoms with Crippen LogP contribution in [0.4, 0.5) is 22.0 Å². The van der Waals surface area contributed by atoms with Crippen molar-refractivity contribution in [3.63, 3.8) is 0 Å². The van der Waals surface area contributed by atoms with E-state index in [0.29, 0.717) is 16.4 Å². The van der Waals surface area contributed by atoms with Gasteiger partial charge >= 0.3 is 6.03 Å². The fourth-order valence-electron chi connectivity index (χ4n) is 1.81. The number of urea groups is 1. The highest BCUT2D eigenvalue weighted by molar-refractivity contribution is 6.30. The second-order valence-corrected chi connectivity index (χ2v) is 4.32. The Morgan fingerprint density at radius 2 is 2.00 bits per heavy atom. The Morgan fingerprint density at radius 1 is 1.21 bits per heavy atom. The lowest BCUT2D eigenvalue weighted by atomic mass is 10.2. The third-order valence-corrected chi connectivity index (χ3v) is 2.90. The average molecular weight is 277 g/mol. The lowest BCUT2D eigenvalue weighted by molar-refractivity contribution is 0.221. The number of benzene rings is 1. The van der Waals surface area contributed by atoms with Crippen molar-refractivity contribution in [2.75, 3.05) is 15.5 Å². The van der Waals surface area contributed by atoms with Crippen LogP contribution in [0.3, 0.4) is 0 Å². The van der Waals surface area contributed by atoms with Crippen LogP contribution in [0.15, 0.2) is 42.6 Å². The van der Waals surface area contributed by atoms with Crippen LogP contribution in [-0.4, -0.2) is 16.2 Å². The molecular weight excluding hydrogens is 268 g/mol. The van der Waals surface area contributed by atoms with Gasteiger partial charge in [0.1, 0.15) is 5.69 Å². The van der Waals surface area contributed by atoms with Gasteiger partial charge in [-0.1, -0.05) is 23.7 Å². The second kappa shape index (κ2) is 4.42. The Kier molecular flexibility index (Phi) is 2.73. The summed E-state index contributed by atoms with van der Waals surface area (Å²) in [6.45, 7) is 0. The van der Waals surface area contributed by atoms with E-state index in [-0.39, 0.29) is 5.82 Å². The van der Waals surface area contributed by atoms with Gasteiger partial charge in [-0.2, -0.15) is 5.01 Å². The summed E-state index contributed by atoms with van der Waals surface area (Å²) < 4.78 is 0. The number of hydrogen-bond acceptors (Lipinski definition) is 4. The van der Waals surface area contributed by atoms with Gasteiger partial charge in [-0.25, -0.2) is 9.78 Å². The smallest absolute Gasteiger partial charge is 0.304 e. The van der Waals surface area contributed by atoms with E-state index in [2.05, 4.69) is 10.3 Å². The monoisotopic (exact) mass is 276 g/mol. The summed E-state index contributed by atoms with van der Waals surface area (Å²) in [5.41, 5.74) is 0.985. The minimum atomic E-state index is -0.504. The Hall–Kier alpha value is -2.31. The van der Waals surface area contributed by atoms with E-state index in [1.807, 2.05) is 0 Å². The molecule has 0 spiro atoms. The van der Waals surface area contributed by atoms with Crippen molar-refractivity contribution in [2.24, 2.45) is 0 Å². The lowest BCUT2D eigenvalue weighted by Gasteiger charge is -2.35. The largest absolute Gasteiger partial charge is 0.348 e. The lowest BCUT2D eigenvalue weighted by Crippen LogP contribution is -2.51. The van der Waals surface area contributed by atoms with E-state index in [1.165, 1.54) is 6.20 Å². The normalized spacial score (nSPS) is 14.1. The van der Waals surface area contributed by atoms with Gasteiger partial charge in [0.15, 0.2) is 5.82 Å². The summed E-state index contributed by atoms with van der Waals surface area (Å²) in [6.07, 6.45) is 1.40. The number of carbonyl (C=O) groups is 1. The molecule has 0 aliphatic carbocycles. The van der Waals surface area contributed by atoms with Crippen molar-refractivity contribution in [1.82, 2.24) is 4.98 Å². The molecule has 0 radical (unpaired) electrons. The number of anilines is 3. The highest BCUT2D eigenvalue weighted by Crippen LogP contribution is 2.32. The van der Waals surface area contributed by atoms with Crippen LogP contribution in [0.5, 0.6) is 0 Å². The van der Waals surface area contributed by atoms with Crippen molar-refractivity contribution >= 4 is 34.8 Å². The first-order chi connectivity index (χ1) is 9.16. The number of hydrogen-bond donors (Lipinski definition) is 2. The number of carbonyl (C=O) groups excluding carboxylic acids is 1. The molecule has 19 heavy (non-hydrogen) atoms. The summed E-state index contributed by atoms with van der Waals surface area (Å²) >= 11 is 5.75. The molecule has 0 bridgehead atoms. The standard InChI is InChI=1S/C12H9ClN4O2/c13-8-5-6-11(14-7-8)16-12(18)15-9-3-1-2-4-10(9)17(16)19/h1-7,19H,(H,15,18). The summed E-state index contributed by atoms with van der Waals surface area (Å²) in [5, 5.41) is 15.0. The number of nitrogens with zero attached hydrogens (tertiary/aromatic N) is 3. The second-order valence-electron chi connectivity index (χ2n) is 3.88. The molecule has 1 aliphatic rings. The van der Waals surface area contributed by atoms with Crippen LogP contribution < -0.4 is 15.5 Å². The molecule has 2 heterocycles. The predicted octanol–water partition coefficient (Wildman–Crippen LogP) is 2.90. The van der Waals surface area contributed by atoms with Crippen LogP contribution in [0.2, 0.25) is 5.02 Å². The van der Waals surface area contributed by atoms with Crippen LogP contribution in [0, 0.1) is 0 Å². The molecule has 96 valence electrons. The van der Waals surface area contributed by atoms with Crippen molar-refractivity contribution in [2.45, 2.75) is 0 Å². The van der Waals surface area contributed by atoms with E-state index in [9.17, 15) is 10.0 Å². The van der Waals surface area contributed by atoms with Gasteiger partial charge in [-0.15, -0.1) is 5.17 Å². The molecule has 7 heteroatoms. The molecule has 1 aromatic heterocycles. The van der Waals surface area contributed by atoms with E-state index in [4.69, 9.17) is 11.6 Å². The highest BCUT2D eigenvalue weighted by Gasteiger charge is 2.30. The predicted molar refractivity (Wildman–Crippen MR) is 71.5 cm³/mol. The molecule has 2 amide bonds. The maximum absolute atomic E-state index is 12.0. The number of amides is 2. The van der Waals surface area contributed by atoms with E-state index in [1.54, 1.807) is 36.4 Å². The first kappa shape index (κ1) is 11.8. The van der Waals surface area contributed by atoms with Gasteiger partial charge in [-0.3, -0.25) is 5.21 Å². The number of pyridine rings is 1. The van der Waals surface area contributed by atoms with Crippen LogP contribution >= 0.6 is 11.6 Å². The Balaban J connectivity index is 2.04. The average Bonchev–Trinajstić information content (AvgIpc) is 2.41. The van der Waals surface area contributed by atoms with Gasteiger partial charge in [-0.05, 0) is 24.3 Å². The summed E-state index contributed by atoms with van der Waals surface area (Å²) in [4.78, 5) is 16.0. The molecule has 0 saturated carbocycles. The molecule has 0 saturated heterocycles. The van der Waals surface area contributed by atoms with E-state index in [0.717, 1.165) is 10.2 Å². The first-order valence-corrected chi connectivity index (χ1v) is 5.85. The van der Waals surface area contributed by atoms with Gasteiger partial charge in [0.05, 0.1) is 10.7 Å². The summed E-state index contributed by atoms with van der Waals surface area (Å²) in [6, 6.07) is 9.53. The fraction of sp³-hybridized carbons (Fsp3) is 0. The van der Waals surface area contributed by atoms with Crippen LogP contribution in [0.25, 0.3) is 0 Å². The molecule has 6 nitrogen and oxygen atoms in total. The minimum Gasteiger partial charge on any atom is -0.304 e. The zero-order valence-electron chi connectivity index (χ0n) is 9.62. The molecule has 1 aromatic carbocycles. The van der Waals surface area contributed by atoms with E-state index >= 15 is 0 Å². The molecule has 2 aromatic rings. The minimum absolute atomic E-state index is 0.263. The van der Waals surface area contributed by atoms with Crippen molar-refractivity contribution in [1.29, 1.82) is 0 Å². The molecule has 0 unspecified atom stereocenters. The van der Waals surface area contributed by atoms with Gasteiger partial charge < -0.3 is 5.32 Å². The molecule has 2 N–H and O–H groups in total. The van der Waals surface area contributed by atoms with Crippen LogP contribution in [-0.2, 0) is 0 Å². The zero-order chi connectivity index (χ0) is 13.4. The molecular formula is C12H9ClN4O2. The maximum atomic E-state index is 12.0. The molecule has 1 aliphatic heterocycles. The number of nitrogens with one attached hydrogen (secondary N) is 1. The topological polar surface area (TPSA) is 68.7 Å². The molecule has 0 fully saturated rings. The Morgan fingerprint density at radius 3 is 2.74 bits per heavy atom. The summed E-state index contributed by atoms with van der Waals surface area (Å²) in [7, 11) is 0. The number of aromatic nitrogens is 1. The number of fused-ring (bicyclic) bond motifs is 1. The Bertz CT molecular complexity index is 632. The zero-order valence-corrected chi connectivity index (χ0v) is 10.4. The quantitative estimate of drug-likeness (QED) is 0.840. The van der Waals surface area contributed by atoms with Crippen molar-refractivity contribution < 1.29 is 10.0 Å². The van der Waals surface area contributed by atoms with Gasteiger partial charge in [0.25, 0.3) is 0 Å².